The third-order valence-corrected chi connectivity index (χ3v) is 8.65. The van der Waals surface area contributed by atoms with E-state index < -0.39 is 11.1 Å². The fourth-order valence-corrected chi connectivity index (χ4v) is 7.68. The highest BCUT2D eigenvalue weighted by molar-refractivity contribution is 5.99. The molecule has 3 saturated heterocycles. The lowest BCUT2D eigenvalue weighted by Crippen LogP contribution is -2.74. The van der Waals surface area contributed by atoms with Crippen molar-refractivity contribution in [2.75, 3.05) is 31.7 Å². The lowest BCUT2D eigenvalue weighted by atomic mass is 9.52. The number of anilines is 1. The first-order valence-electron chi connectivity index (χ1n) is 10.4. The van der Waals surface area contributed by atoms with E-state index in [1.54, 1.807) is 7.11 Å². The van der Waals surface area contributed by atoms with Crippen molar-refractivity contribution < 1.29 is 19.4 Å². The summed E-state index contributed by atoms with van der Waals surface area (Å²) in [6.07, 6.45) is 4.19. The van der Waals surface area contributed by atoms with Gasteiger partial charge >= 0.3 is 0 Å². The van der Waals surface area contributed by atoms with Crippen molar-refractivity contribution in [3.05, 3.63) is 35.4 Å². The Labute approximate surface area is 163 Å². The predicted octanol–water partition coefficient (Wildman–Crippen LogP) is 1.42. The fraction of sp³-hybridized carbons (Fsp3) is 0.591. The molecule has 1 N–H and O–H groups in total. The summed E-state index contributed by atoms with van der Waals surface area (Å²) in [6, 6.07) is 5.98. The highest BCUT2D eigenvalue weighted by Gasteiger charge is 2.76. The van der Waals surface area contributed by atoms with E-state index in [4.69, 9.17) is 9.47 Å². The van der Waals surface area contributed by atoms with E-state index in [2.05, 4.69) is 17.0 Å². The molecule has 7 rings (SSSR count). The molecular formula is C22H24N2O4. The fourth-order valence-electron chi connectivity index (χ4n) is 7.68. The quantitative estimate of drug-likeness (QED) is 0.747. The van der Waals surface area contributed by atoms with Gasteiger partial charge in [0, 0.05) is 24.7 Å². The van der Waals surface area contributed by atoms with Crippen molar-refractivity contribution >= 4 is 11.6 Å². The summed E-state index contributed by atoms with van der Waals surface area (Å²) in [5, 5.41) is 12.2. The van der Waals surface area contributed by atoms with Gasteiger partial charge < -0.3 is 19.5 Å². The summed E-state index contributed by atoms with van der Waals surface area (Å²) in [5.74, 6) is 1.44. The molecule has 6 nitrogen and oxygen atoms in total. The molecule has 6 aliphatic rings. The average molecular weight is 380 g/mol. The van der Waals surface area contributed by atoms with Crippen LogP contribution < -0.4 is 9.64 Å². The molecule has 1 spiro atoms. The van der Waals surface area contributed by atoms with Gasteiger partial charge in [-0.1, -0.05) is 11.6 Å². The molecule has 1 aromatic carbocycles. The topological polar surface area (TPSA) is 62.2 Å². The number of benzene rings is 1. The van der Waals surface area contributed by atoms with Gasteiger partial charge in [-0.3, -0.25) is 9.69 Å². The summed E-state index contributed by atoms with van der Waals surface area (Å²) >= 11 is 0. The standard InChI is InChI=1S/C22H24N2O4/c1-27-13-2-3-16-15(8-13)21-5-6-23-11-12-4-7-28-17-9-18(25)24(16)20(21)19(17)14(12)10-22(21,23)26/h2-4,8,14,17,19-20,26H,5-7,9-11H2,1H3/t14-,17-,19?,20-,21?,22+/m0/s1. The zero-order chi connectivity index (χ0) is 18.8. The number of aliphatic hydroxyl groups is 1. The van der Waals surface area contributed by atoms with Crippen LogP contribution >= 0.6 is 0 Å². The molecule has 4 fully saturated rings. The predicted molar refractivity (Wildman–Crippen MR) is 101 cm³/mol. The van der Waals surface area contributed by atoms with Crippen molar-refractivity contribution in [1.29, 1.82) is 0 Å². The third-order valence-electron chi connectivity index (χ3n) is 8.65. The van der Waals surface area contributed by atoms with Crippen LogP contribution in [-0.4, -0.2) is 60.6 Å². The highest BCUT2D eigenvalue weighted by atomic mass is 16.5. The molecule has 28 heavy (non-hydrogen) atoms. The first-order valence-corrected chi connectivity index (χ1v) is 10.4. The van der Waals surface area contributed by atoms with Crippen molar-refractivity contribution in [1.82, 2.24) is 4.90 Å². The smallest absolute Gasteiger partial charge is 0.229 e. The summed E-state index contributed by atoms with van der Waals surface area (Å²) in [4.78, 5) is 17.6. The van der Waals surface area contributed by atoms with Gasteiger partial charge in [0.1, 0.15) is 11.5 Å². The van der Waals surface area contributed by atoms with Gasteiger partial charge in [-0.25, -0.2) is 0 Å². The van der Waals surface area contributed by atoms with E-state index in [0.717, 1.165) is 42.9 Å². The monoisotopic (exact) mass is 380 g/mol. The number of rotatable bonds is 1. The molecule has 146 valence electrons. The number of fused-ring (bicyclic) bond motifs is 2. The van der Waals surface area contributed by atoms with E-state index in [0.29, 0.717) is 13.0 Å². The number of hydrogen-bond acceptors (Lipinski definition) is 5. The number of hydrogen-bond donors (Lipinski definition) is 1. The van der Waals surface area contributed by atoms with Crippen LogP contribution in [0.5, 0.6) is 5.75 Å². The Morgan fingerprint density at radius 1 is 1.36 bits per heavy atom. The van der Waals surface area contributed by atoms with Gasteiger partial charge in [0.05, 0.1) is 37.7 Å². The zero-order valence-electron chi connectivity index (χ0n) is 15.9. The van der Waals surface area contributed by atoms with Crippen molar-refractivity contribution in [2.24, 2.45) is 11.8 Å². The molecule has 6 heteroatoms. The first-order chi connectivity index (χ1) is 13.6. The molecule has 0 aromatic heterocycles. The summed E-state index contributed by atoms with van der Waals surface area (Å²) in [5.41, 5.74) is 2.07. The average Bonchev–Trinajstić information content (AvgIpc) is 3.11. The minimum atomic E-state index is -0.918. The van der Waals surface area contributed by atoms with Crippen LogP contribution in [-0.2, 0) is 14.9 Å². The minimum absolute atomic E-state index is 0.0450. The van der Waals surface area contributed by atoms with Gasteiger partial charge in [-0.15, -0.1) is 0 Å². The minimum Gasteiger partial charge on any atom is -0.497 e. The van der Waals surface area contributed by atoms with E-state index >= 15 is 0 Å². The summed E-state index contributed by atoms with van der Waals surface area (Å²) in [7, 11) is 1.67. The molecule has 2 unspecified atom stereocenters. The van der Waals surface area contributed by atoms with E-state index in [1.807, 2.05) is 17.0 Å². The number of carbonyl (C=O) groups is 1. The number of methoxy groups -OCH3 is 1. The second kappa shape index (κ2) is 4.81. The molecule has 5 aliphatic heterocycles. The van der Waals surface area contributed by atoms with Crippen molar-refractivity contribution in [2.45, 2.75) is 42.5 Å². The molecule has 1 aromatic rings. The molecule has 1 aliphatic carbocycles. The van der Waals surface area contributed by atoms with E-state index in [-0.39, 0.29) is 29.9 Å². The Bertz CT molecular complexity index is 960. The van der Waals surface area contributed by atoms with Crippen LogP contribution in [0.1, 0.15) is 24.8 Å². The second-order valence-corrected chi connectivity index (χ2v) is 9.29. The Kier molecular flexibility index (Phi) is 2.74. The number of nitrogens with zero attached hydrogens (tertiary/aromatic N) is 2. The van der Waals surface area contributed by atoms with Gasteiger partial charge in [0.15, 0.2) is 0 Å². The molecule has 2 bridgehead atoms. The number of piperidine rings is 2. The third kappa shape index (κ3) is 1.49. The van der Waals surface area contributed by atoms with Crippen LogP contribution in [0.4, 0.5) is 5.69 Å². The maximum atomic E-state index is 13.3. The Morgan fingerprint density at radius 3 is 3.11 bits per heavy atom. The zero-order valence-corrected chi connectivity index (χ0v) is 15.9. The molecule has 1 amide bonds. The lowest BCUT2D eigenvalue weighted by Gasteiger charge is -2.62. The highest BCUT2D eigenvalue weighted by Crippen LogP contribution is 2.69. The van der Waals surface area contributed by atoms with Crippen LogP contribution in [0, 0.1) is 11.8 Å². The number of ether oxygens (including phenoxy) is 2. The molecular weight excluding hydrogens is 356 g/mol. The summed E-state index contributed by atoms with van der Waals surface area (Å²) < 4.78 is 11.8. The maximum Gasteiger partial charge on any atom is 0.229 e. The van der Waals surface area contributed by atoms with E-state index in [9.17, 15) is 9.90 Å². The summed E-state index contributed by atoms with van der Waals surface area (Å²) in [6.45, 7) is 2.25. The normalized spacial score (nSPS) is 44.9. The first kappa shape index (κ1) is 16.0. The second-order valence-electron chi connectivity index (χ2n) is 9.29. The molecule has 0 radical (unpaired) electrons. The van der Waals surface area contributed by atoms with Crippen LogP contribution in [0.2, 0.25) is 0 Å². The van der Waals surface area contributed by atoms with Crippen LogP contribution in [0.15, 0.2) is 29.8 Å². The van der Waals surface area contributed by atoms with Crippen LogP contribution in [0.25, 0.3) is 0 Å². The Hall–Kier alpha value is -1.89. The van der Waals surface area contributed by atoms with Gasteiger partial charge in [-0.2, -0.15) is 0 Å². The van der Waals surface area contributed by atoms with E-state index in [1.165, 1.54) is 5.57 Å². The number of carbonyl (C=O) groups excluding carboxylic acids is 1. The van der Waals surface area contributed by atoms with Crippen LogP contribution in [0.3, 0.4) is 0 Å². The molecule has 1 saturated carbocycles. The van der Waals surface area contributed by atoms with Crippen molar-refractivity contribution in [3.8, 4) is 5.75 Å². The molecule has 5 heterocycles. The molecule has 6 atom stereocenters. The van der Waals surface area contributed by atoms with Gasteiger partial charge in [0.2, 0.25) is 5.91 Å². The maximum absolute atomic E-state index is 13.3. The lowest BCUT2D eigenvalue weighted by molar-refractivity contribution is -0.197. The van der Waals surface area contributed by atoms with Gasteiger partial charge in [0.25, 0.3) is 0 Å². The number of amides is 1. The van der Waals surface area contributed by atoms with Crippen molar-refractivity contribution in [3.63, 3.8) is 0 Å². The largest absolute Gasteiger partial charge is 0.497 e. The SMILES string of the molecule is COc1ccc2c(c1)C13CCN4CC5=CCO[C@H]6CC(=O)N2[C@H]1C6[C@H]5C[C@]43O. The van der Waals surface area contributed by atoms with Gasteiger partial charge in [-0.05, 0) is 42.5 Å². The Balaban J connectivity index is 1.56. The Morgan fingerprint density at radius 2 is 2.25 bits per heavy atom.